The van der Waals surface area contributed by atoms with Crippen LogP contribution in [0.4, 0.5) is 0 Å². The number of ether oxygens (including phenoxy) is 2. The van der Waals surface area contributed by atoms with Crippen LogP contribution < -0.4 is 14.8 Å². The normalized spacial score (nSPS) is 22.2. The van der Waals surface area contributed by atoms with E-state index in [1.165, 1.54) is 0 Å². The third-order valence-corrected chi connectivity index (χ3v) is 3.76. The number of fused-ring (bicyclic) bond motifs is 1. The molecule has 3 rings (SSSR count). The van der Waals surface area contributed by atoms with Crippen molar-refractivity contribution < 1.29 is 14.3 Å². The van der Waals surface area contributed by atoms with Crippen LogP contribution in [0.25, 0.3) is 0 Å². The first-order valence-corrected chi connectivity index (χ1v) is 7.17. The Labute approximate surface area is 118 Å². The number of hydrogen-bond donors (Lipinski definition) is 1. The van der Waals surface area contributed by atoms with E-state index in [1.54, 1.807) is 6.07 Å². The molecule has 0 aromatic heterocycles. The van der Waals surface area contributed by atoms with E-state index in [9.17, 15) is 4.79 Å². The fourth-order valence-corrected chi connectivity index (χ4v) is 2.60. The minimum atomic E-state index is 0.0645. The second kappa shape index (κ2) is 5.71. The van der Waals surface area contributed by atoms with E-state index in [4.69, 9.17) is 9.47 Å². The van der Waals surface area contributed by atoms with Crippen molar-refractivity contribution >= 4 is 5.91 Å². The van der Waals surface area contributed by atoms with Crippen LogP contribution in [0.5, 0.6) is 11.5 Å². The second-order valence-corrected chi connectivity index (χ2v) is 5.26. The van der Waals surface area contributed by atoms with Gasteiger partial charge in [-0.3, -0.25) is 4.79 Å². The molecule has 5 nitrogen and oxygen atoms in total. The van der Waals surface area contributed by atoms with Crippen LogP contribution in [-0.4, -0.2) is 49.7 Å². The topological polar surface area (TPSA) is 50.8 Å². The second-order valence-electron chi connectivity index (χ2n) is 5.26. The van der Waals surface area contributed by atoms with Crippen LogP contribution in [0.15, 0.2) is 18.2 Å². The molecule has 2 heterocycles. The van der Waals surface area contributed by atoms with Gasteiger partial charge in [0.05, 0.1) is 13.2 Å². The molecule has 1 aromatic carbocycles. The third-order valence-electron chi connectivity index (χ3n) is 3.76. The molecular weight excluding hydrogens is 256 g/mol. The molecule has 1 N–H and O–H groups in total. The molecule has 0 spiro atoms. The maximum Gasteiger partial charge on any atom is 0.254 e. The van der Waals surface area contributed by atoms with Gasteiger partial charge in [0.2, 0.25) is 0 Å². The fourth-order valence-electron chi connectivity index (χ4n) is 2.60. The summed E-state index contributed by atoms with van der Waals surface area (Å²) in [5.41, 5.74) is 0.669. The quantitative estimate of drug-likeness (QED) is 0.839. The van der Waals surface area contributed by atoms with Gasteiger partial charge in [-0.05, 0) is 25.1 Å². The Hall–Kier alpha value is -1.75. The van der Waals surface area contributed by atoms with E-state index in [2.05, 4.69) is 12.2 Å². The fraction of sp³-hybridized carbons (Fsp3) is 0.533. The number of nitrogens with one attached hydrogen (secondary N) is 1. The van der Waals surface area contributed by atoms with Crippen LogP contribution in [0.2, 0.25) is 0 Å². The summed E-state index contributed by atoms with van der Waals surface area (Å²) in [5, 5.41) is 3.29. The summed E-state index contributed by atoms with van der Waals surface area (Å²) < 4.78 is 11.2. The van der Waals surface area contributed by atoms with Gasteiger partial charge in [-0.25, -0.2) is 0 Å². The number of rotatable bonds is 1. The highest BCUT2D eigenvalue weighted by Gasteiger charge is 2.25. The minimum absolute atomic E-state index is 0.0645. The highest BCUT2D eigenvalue weighted by atomic mass is 16.5. The number of carbonyl (C=O) groups excluding carboxylic acids is 1. The van der Waals surface area contributed by atoms with Crippen molar-refractivity contribution in [3.8, 4) is 11.5 Å². The van der Waals surface area contributed by atoms with E-state index in [0.717, 1.165) is 31.8 Å². The van der Waals surface area contributed by atoms with Gasteiger partial charge in [-0.2, -0.15) is 0 Å². The molecule has 1 unspecified atom stereocenters. The van der Waals surface area contributed by atoms with Crippen molar-refractivity contribution in [2.75, 3.05) is 32.8 Å². The van der Waals surface area contributed by atoms with Crippen LogP contribution >= 0.6 is 0 Å². The van der Waals surface area contributed by atoms with Crippen molar-refractivity contribution in [1.29, 1.82) is 0 Å². The SMILES string of the molecule is CC1CNCCN1C(=O)c1ccc2c(c1)OCCCO2. The Balaban J connectivity index is 1.82. The highest BCUT2D eigenvalue weighted by molar-refractivity contribution is 5.95. The number of hydrogen-bond acceptors (Lipinski definition) is 4. The molecule has 20 heavy (non-hydrogen) atoms. The predicted octanol–water partition coefficient (Wildman–Crippen LogP) is 1.28. The van der Waals surface area contributed by atoms with Gasteiger partial charge in [0.25, 0.3) is 5.91 Å². The number of piperazine rings is 1. The zero-order chi connectivity index (χ0) is 13.9. The Kier molecular flexibility index (Phi) is 3.78. The molecule has 1 aromatic rings. The zero-order valence-corrected chi connectivity index (χ0v) is 11.7. The molecule has 5 heteroatoms. The molecule has 1 fully saturated rings. The number of benzene rings is 1. The number of amides is 1. The molecule has 2 aliphatic rings. The summed E-state index contributed by atoms with van der Waals surface area (Å²) in [5.74, 6) is 1.47. The van der Waals surface area contributed by atoms with Crippen molar-refractivity contribution in [2.24, 2.45) is 0 Å². The predicted molar refractivity (Wildman–Crippen MR) is 75.4 cm³/mol. The first-order chi connectivity index (χ1) is 9.75. The molecule has 1 amide bonds. The standard InChI is InChI=1S/C15H20N2O3/c1-11-10-16-5-6-17(11)15(18)12-3-4-13-14(9-12)20-8-2-7-19-13/h3-4,9,11,16H,2,5-8,10H2,1H3. The van der Waals surface area contributed by atoms with Gasteiger partial charge in [0.1, 0.15) is 0 Å². The summed E-state index contributed by atoms with van der Waals surface area (Å²) in [6.45, 7) is 5.79. The first kappa shape index (κ1) is 13.2. The summed E-state index contributed by atoms with van der Waals surface area (Å²) in [6.07, 6.45) is 0.868. The van der Waals surface area contributed by atoms with Crippen LogP contribution in [0.3, 0.4) is 0 Å². The number of nitrogens with zero attached hydrogens (tertiary/aromatic N) is 1. The maximum atomic E-state index is 12.6. The summed E-state index contributed by atoms with van der Waals surface area (Å²) in [7, 11) is 0. The summed E-state index contributed by atoms with van der Waals surface area (Å²) >= 11 is 0. The molecule has 1 atom stereocenters. The van der Waals surface area contributed by atoms with Crippen molar-refractivity contribution in [2.45, 2.75) is 19.4 Å². The molecule has 0 aliphatic carbocycles. The zero-order valence-electron chi connectivity index (χ0n) is 11.7. The van der Waals surface area contributed by atoms with Crippen LogP contribution in [-0.2, 0) is 0 Å². The van der Waals surface area contributed by atoms with E-state index in [0.29, 0.717) is 24.5 Å². The van der Waals surface area contributed by atoms with Gasteiger partial charge < -0.3 is 19.7 Å². The van der Waals surface area contributed by atoms with E-state index >= 15 is 0 Å². The number of carbonyl (C=O) groups is 1. The first-order valence-electron chi connectivity index (χ1n) is 7.17. The lowest BCUT2D eigenvalue weighted by Gasteiger charge is -2.34. The van der Waals surface area contributed by atoms with Crippen molar-refractivity contribution in [1.82, 2.24) is 10.2 Å². The average molecular weight is 276 g/mol. The molecule has 2 aliphatic heterocycles. The Bertz CT molecular complexity index is 504. The largest absolute Gasteiger partial charge is 0.490 e. The molecule has 0 saturated carbocycles. The van der Waals surface area contributed by atoms with Gasteiger partial charge in [-0.1, -0.05) is 0 Å². The third kappa shape index (κ3) is 2.58. The maximum absolute atomic E-state index is 12.6. The molecule has 108 valence electrons. The van der Waals surface area contributed by atoms with Crippen molar-refractivity contribution in [3.05, 3.63) is 23.8 Å². The lowest BCUT2D eigenvalue weighted by atomic mass is 10.1. The molecular formula is C15H20N2O3. The molecule has 0 radical (unpaired) electrons. The monoisotopic (exact) mass is 276 g/mol. The van der Waals surface area contributed by atoms with E-state index in [1.807, 2.05) is 17.0 Å². The molecule has 0 bridgehead atoms. The van der Waals surface area contributed by atoms with Gasteiger partial charge in [0.15, 0.2) is 11.5 Å². The summed E-state index contributed by atoms with van der Waals surface area (Å²) in [4.78, 5) is 14.5. The lowest BCUT2D eigenvalue weighted by Crippen LogP contribution is -2.52. The molecule has 1 saturated heterocycles. The van der Waals surface area contributed by atoms with E-state index in [-0.39, 0.29) is 11.9 Å². The highest BCUT2D eigenvalue weighted by Crippen LogP contribution is 2.31. The Morgan fingerprint density at radius 2 is 2.10 bits per heavy atom. The Morgan fingerprint density at radius 1 is 1.30 bits per heavy atom. The van der Waals surface area contributed by atoms with Crippen molar-refractivity contribution in [3.63, 3.8) is 0 Å². The van der Waals surface area contributed by atoms with E-state index < -0.39 is 0 Å². The Morgan fingerprint density at radius 3 is 2.90 bits per heavy atom. The van der Waals surface area contributed by atoms with Gasteiger partial charge in [0, 0.05) is 37.7 Å². The van der Waals surface area contributed by atoms with Crippen LogP contribution in [0.1, 0.15) is 23.7 Å². The van der Waals surface area contributed by atoms with Gasteiger partial charge in [-0.15, -0.1) is 0 Å². The average Bonchev–Trinajstić information content (AvgIpc) is 2.71. The minimum Gasteiger partial charge on any atom is -0.490 e. The van der Waals surface area contributed by atoms with Crippen LogP contribution in [0, 0.1) is 0 Å². The summed E-state index contributed by atoms with van der Waals surface area (Å²) in [6, 6.07) is 5.68. The lowest BCUT2D eigenvalue weighted by molar-refractivity contribution is 0.0655. The smallest absolute Gasteiger partial charge is 0.254 e. The van der Waals surface area contributed by atoms with Gasteiger partial charge >= 0.3 is 0 Å².